The summed E-state index contributed by atoms with van der Waals surface area (Å²) in [4.78, 5) is 5.24. The van der Waals surface area contributed by atoms with Gasteiger partial charge in [-0.25, -0.2) is 0 Å². The van der Waals surface area contributed by atoms with E-state index in [0.717, 1.165) is 36.9 Å². The van der Waals surface area contributed by atoms with E-state index in [-0.39, 0.29) is 30.9 Å². The minimum Gasteiger partial charge on any atom is -0.304 e. The largest absolute Gasteiger partial charge is 0.304 e. The van der Waals surface area contributed by atoms with E-state index in [0.29, 0.717) is 5.92 Å². The van der Waals surface area contributed by atoms with Gasteiger partial charge in [-0.15, -0.1) is 35.4 Å². The molecule has 1 heterocycles. The first-order valence-corrected chi connectivity index (χ1v) is 23.5. The number of fused-ring (bicyclic) bond motifs is 4. The predicted molar refractivity (Wildman–Crippen MR) is 263 cm³/mol. The van der Waals surface area contributed by atoms with Crippen molar-refractivity contribution >= 4 is 10.8 Å². The molecule has 317 valence electrons. The maximum Gasteiger partial charge on any atom is 0.0210 e. The van der Waals surface area contributed by atoms with E-state index in [2.05, 4.69) is 198 Å². The fourth-order valence-corrected chi connectivity index (χ4v) is 11.7. The second kappa shape index (κ2) is 18.0. The minimum absolute atomic E-state index is 0. The van der Waals surface area contributed by atoms with E-state index in [1.807, 2.05) is 0 Å². The van der Waals surface area contributed by atoms with Crippen LogP contribution in [0.1, 0.15) is 119 Å². The molecule has 0 aliphatic heterocycles. The van der Waals surface area contributed by atoms with Gasteiger partial charge in [0.15, 0.2) is 0 Å². The number of aromatic nitrogens is 1. The second-order valence-corrected chi connectivity index (χ2v) is 18.1. The number of nitrogens with zero attached hydrogens (tertiary/aromatic N) is 1. The Bertz CT molecular complexity index is 2890. The van der Waals surface area contributed by atoms with Gasteiger partial charge in [-0.05, 0) is 152 Å². The third kappa shape index (κ3) is 7.44. The molecule has 7 aromatic carbocycles. The Morgan fingerprint density at radius 3 is 1.87 bits per heavy atom. The van der Waals surface area contributed by atoms with Crippen molar-refractivity contribution in [3.05, 3.63) is 198 Å². The molecule has 0 atom stereocenters. The molecule has 2 heteroatoms. The van der Waals surface area contributed by atoms with Crippen molar-refractivity contribution in [1.29, 1.82) is 0 Å². The Balaban J connectivity index is 0.00000504. The van der Waals surface area contributed by atoms with Crippen molar-refractivity contribution in [2.24, 2.45) is 0 Å². The van der Waals surface area contributed by atoms with E-state index in [1.165, 1.54) is 115 Å². The SMILES string of the molecule is CCC(CC)(c1ccccc1)c1cccc(-c2cc(-c3cc[c-]c(-c4ncc(C5CCCCC5)c5ccccc45)c3)cc(-c3ccc4c(c3)C(CC)(CC)c3ccccc3-4)c2)c1.[Ir]. The van der Waals surface area contributed by atoms with Gasteiger partial charge in [-0.2, -0.15) is 0 Å². The number of benzene rings is 7. The molecule has 0 amide bonds. The third-order valence-electron chi connectivity index (χ3n) is 15.3. The molecule has 1 fully saturated rings. The van der Waals surface area contributed by atoms with Crippen LogP contribution in [0.4, 0.5) is 0 Å². The molecule has 1 saturated carbocycles. The van der Waals surface area contributed by atoms with E-state index >= 15 is 0 Å². The topological polar surface area (TPSA) is 12.9 Å². The average Bonchev–Trinajstić information content (AvgIpc) is 3.64. The van der Waals surface area contributed by atoms with Crippen LogP contribution < -0.4 is 0 Å². The van der Waals surface area contributed by atoms with Crippen LogP contribution in [-0.2, 0) is 30.9 Å². The van der Waals surface area contributed by atoms with Crippen LogP contribution in [-0.4, -0.2) is 4.98 Å². The summed E-state index contributed by atoms with van der Waals surface area (Å²) in [5, 5.41) is 2.56. The van der Waals surface area contributed by atoms with Gasteiger partial charge in [0, 0.05) is 37.1 Å². The molecule has 1 radical (unpaired) electrons. The van der Waals surface area contributed by atoms with Crippen LogP contribution in [0.15, 0.2) is 164 Å². The summed E-state index contributed by atoms with van der Waals surface area (Å²) < 4.78 is 0. The van der Waals surface area contributed by atoms with Gasteiger partial charge in [-0.3, -0.25) is 0 Å². The summed E-state index contributed by atoms with van der Waals surface area (Å²) in [6.07, 6.45) is 12.9. The first-order valence-electron chi connectivity index (χ1n) is 23.5. The fourth-order valence-electron chi connectivity index (χ4n) is 11.7. The summed E-state index contributed by atoms with van der Waals surface area (Å²) in [5.41, 5.74) is 19.2. The first-order chi connectivity index (χ1) is 30.5. The molecule has 63 heavy (non-hydrogen) atoms. The zero-order valence-corrected chi connectivity index (χ0v) is 39.7. The smallest absolute Gasteiger partial charge is 0.0210 e. The van der Waals surface area contributed by atoms with Crippen LogP contribution in [0.5, 0.6) is 0 Å². The van der Waals surface area contributed by atoms with Gasteiger partial charge in [0.1, 0.15) is 0 Å². The maximum atomic E-state index is 5.24. The maximum absolute atomic E-state index is 5.24. The van der Waals surface area contributed by atoms with Crippen LogP contribution in [0.25, 0.3) is 66.5 Å². The molecule has 1 nitrogen and oxygen atoms in total. The minimum atomic E-state index is -0.0667. The molecule has 8 aromatic rings. The number of hydrogen-bond acceptors (Lipinski definition) is 1. The van der Waals surface area contributed by atoms with Gasteiger partial charge >= 0.3 is 0 Å². The molecular formula is C61H58IrN-. The standard InChI is InChI=1S/C61H58N.Ir/c1-5-60(6-2,50-26-13-10-14-27-50)51-28-20-24-44(39-51)48-36-47(37-49(38-48)45-33-34-54-53-30-17-18-32-57(53)61(7-3,8-4)58(54)40-45)43-23-19-25-46(35-43)59-55-31-16-15-29-52(55)56(41-62-59)42-21-11-9-12-22-42;/h10,13-20,23-24,26-42H,5-9,11-12,21-22H2,1-4H3;/q-1;. The molecule has 0 saturated heterocycles. The average molecular weight is 997 g/mol. The molecule has 1 aromatic heterocycles. The molecule has 0 unspecified atom stereocenters. The number of rotatable bonds is 11. The normalized spacial score (nSPS) is 14.5. The molecule has 0 spiro atoms. The number of pyridine rings is 1. The zero-order valence-electron chi connectivity index (χ0n) is 37.3. The fraction of sp³-hybridized carbons (Fsp3) is 0.262. The molecule has 2 aliphatic carbocycles. The Morgan fingerprint density at radius 1 is 0.540 bits per heavy atom. The van der Waals surface area contributed by atoms with Crippen molar-refractivity contribution in [2.45, 2.75) is 102 Å². The zero-order chi connectivity index (χ0) is 42.3. The Labute approximate surface area is 389 Å². The van der Waals surface area contributed by atoms with Crippen LogP contribution in [0, 0.1) is 6.07 Å². The molecule has 2 aliphatic rings. The van der Waals surface area contributed by atoms with Gasteiger partial charge in [-0.1, -0.05) is 162 Å². The van der Waals surface area contributed by atoms with Crippen molar-refractivity contribution in [1.82, 2.24) is 4.98 Å². The second-order valence-electron chi connectivity index (χ2n) is 18.1. The summed E-state index contributed by atoms with van der Waals surface area (Å²) >= 11 is 0. The molecule has 0 N–H and O–H groups in total. The van der Waals surface area contributed by atoms with E-state index in [4.69, 9.17) is 4.98 Å². The summed E-state index contributed by atoms with van der Waals surface area (Å²) in [6, 6.07) is 63.3. The van der Waals surface area contributed by atoms with Gasteiger partial charge < -0.3 is 4.98 Å². The van der Waals surface area contributed by atoms with Gasteiger partial charge in [0.2, 0.25) is 0 Å². The predicted octanol–water partition coefficient (Wildman–Crippen LogP) is 16.9. The number of hydrogen-bond donors (Lipinski definition) is 0. The summed E-state index contributed by atoms with van der Waals surface area (Å²) in [6.45, 7) is 9.40. The first kappa shape index (κ1) is 42.9. The van der Waals surface area contributed by atoms with Crippen molar-refractivity contribution < 1.29 is 20.1 Å². The van der Waals surface area contributed by atoms with E-state index in [9.17, 15) is 0 Å². The Hall–Kier alpha value is -5.40. The Kier molecular flexibility index (Phi) is 12.2. The summed E-state index contributed by atoms with van der Waals surface area (Å²) in [7, 11) is 0. The van der Waals surface area contributed by atoms with Crippen LogP contribution >= 0.6 is 0 Å². The molecular weight excluding hydrogens is 939 g/mol. The van der Waals surface area contributed by atoms with E-state index in [1.54, 1.807) is 0 Å². The van der Waals surface area contributed by atoms with Crippen molar-refractivity contribution in [2.75, 3.05) is 0 Å². The molecule has 0 bridgehead atoms. The summed E-state index contributed by atoms with van der Waals surface area (Å²) in [5.74, 6) is 0.589. The monoisotopic (exact) mass is 997 g/mol. The Morgan fingerprint density at radius 2 is 1.16 bits per heavy atom. The third-order valence-corrected chi connectivity index (χ3v) is 15.3. The van der Waals surface area contributed by atoms with Crippen LogP contribution in [0.3, 0.4) is 0 Å². The van der Waals surface area contributed by atoms with Gasteiger partial charge in [0.05, 0.1) is 0 Å². The van der Waals surface area contributed by atoms with Crippen molar-refractivity contribution in [3.8, 4) is 55.8 Å². The quantitative estimate of drug-likeness (QED) is 0.118. The van der Waals surface area contributed by atoms with E-state index < -0.39 is 0 Å². The molecule has 10 rings (SSSR count). The van der Waals surface area contributed by atoms with Gasteiger partial charge in [0.25, 0.3) is 0 Å². The van der Waals surface area contributed by atoms with Crippen molar-refractivity contribution in [3.63, 3.8) is 0 Å². The van der Waals surface area contributed by atoms with Crippen LogP contribution in [0.2, 0.25) is 0 Å².